The topological polar surface area (TPSA) is 84.9 Å². The molecule has 0 spiro atoms. The van der Waals surface area contributed by atoms with E-state index in [9.17, 15) is 17.6 Å². The molecule has 1 heterocycles. The number of nitrogens with one attached hydrogen (secondary N) is 1. The zero-order valence-electron chi connectivity index (χ0n) is 16.5. The zero-order valence-corrected chi connectivity index (χ0v) is 18.1. The number of amides is 1. The number of carbonyl (C=O) groups is 1. The minimum Gasteiger partial charge on any atom is -0.493 e. The smallest absolute Gasteiger partial charge is 0.243 e. The number of halogens is 2. The number of sulfonamides is 1. The van der Waals surface area contributed by atoms with E-state index in [1.54, 1.807) is 6.07 Å². The van der Waals surface area contributed by atoms with Crippen molar-refractivity contribution >= 4 is 33.2 Å². The Kier molecular flexibility index (Phi) is 6.84. The molecule has 30 heavy (non-hydrogen) atoms. The zero-order chi connectivity index (χ0) is 21.9. The SMILES string of the molecule is COc1ccc(S(=O)(=O)N2CCC(C(=O)Nc3ccc(F)c(Cl)c3)CC2)cc1OC. The van der Waals surface area contributed by atoms with Gasteiger partial charge >= 0.3 is 0 Å². The first kappa shape index (κ1) is 22.3. The molecular formula is C20H22ClFN2O5S. The molecule has 0 atom stereocenters. The van der Waals surface area contributed by atoms with Gasteiger partial charge in [0.1, 0.15) is 5.82 Å². The highest BCUT2D eigenvalue weighted by Crippen LogP contribution is 2.32. The van der Waals surface area contributed by atoms with E-state index in [1.165, 1.54) is 48.9 Å². The van der Waals surface area contributed by atoms with Crippen molar-refractivity contribution in [2.45, 2.75) is 17.7 Å². The minimum absolute atomic E-state index is 0.0800. The lowest BCUT2D eigenvalue weighted by molar-refractivity contribution is -0.120. The third kappa shape index (κ3) is 4.69. The molecule has 10 heteroatoms. The Labute approximate surface area is 179 Å². The van der Waals surface area contributed by atoms with Gasteiger partial charge in [-0.1, -0.05) is 11.6 Å². The molecule has 1 fully saturated rings. The van der Waals surface area contributed by atoms with E-state index in [0.717, 1.165) is 0 Å². The third-order valence-electron chi connectivity index (χ3n) is 5.00. The van der Waals surface area contributed by atoms with E-state index in [0.29, 0.717) is 30.0 Å². The predicted octanol–water partition coefficient (Wildman–Crippen LogP) is 3.54. The summed E-state index contributed by atoms with van der Waals surface area (Å²) in [6.45, 7) is 0.415. The number of ether oxygens (including phenoxy) is 2. The lowest BCUT2D eigenvalue weighted by atomic mass is 9.97. The number of anilines is 1. The summed E-state index contributed by atoms with van der Waals surface area (Å²) in [6, 6.07) is 8.37. The quantitative estimate of drug-likeness (QED) is 0.718. The van der Waals surface area contributed by atoms with E-state index < -0.39 is 15.8 Å². The van der Waals surface area contributed by atoms with Crippen LogP contribution in [0.2, 0.25) is 5.02 Å². The molecule has 0 unspecified atom stereocenters. The van der Waals surface area contributed by atoms with Crippen molar-refractivity contribution in [2.75, 3.05) is 32.6 Å². The van der Waals surface area contributed by atoms with Crippen LogP contribution >= 0.6 is 11.6 Å². The molecule has 0 aliphatic carbocycles. The van der Waals surface area contributed by atoms with Crippen molar-refractivity contribution in [3.63, 3.8) is 0 Å². The largest absolute Gasteiger partial charge is 0.493 e. The van der Waals surface area contributed by atoms with E-state index >= 15 is 0 Å². The first-order valence-electron chi connectivity index (χ1n) is 9.24. The minimum atomic E-state index is -3.73. The van der Waals surface area contributed by atoms with Crippen molar-refractivity contribution in [1.82, 2.24) is 4.31 Å². The molecule has 0 saturated carbocycles. The maximum atomic E-state index is 13.3. The summed E-state index contributed by atoms with van der Waals surface area (Å²) >= 11 is 5.73. The fraction of sp³-hybridized carbons (Fsp3) is 0.350. The first-order chi connectivity index (χ1) is 14.3. The number of hydrogen-bond acceptors (Lipinski definition) is 5. The molecule has 7 nitrogen and oxygen atoms in total. The van der Waals surface area contributed by atoms with Gasteiger partial charge in [0.05, 0.1) is 24.1 Å². The van der Waals surface area contributed by atoms with Crippen LogP contribution in [0.4, 0.5) is 10.1 Å². The highest BCUT2D eigenvalue weighted by molar-refractivity contribution is 7.89. The summed E-state index contributed by atoms with van der Waals surface area (Å²) in [6.07, 6.45) is 0.737. The fourth-order valence-electron chi connectivity index (χ4n) is 3.30. The second kappa shape index (κ2) is 9.20. The Balaban J connectivity index is 1.65. The number of methoxy groups -OCH3 is 2. The van der Waals surface area contributed by atoms with Crippen molar-refractivity contribution in [3.8, 4) is 11.5 Å². The normalized spacial score (nSPS) is 15.6. The van der Waals surface area contributed by atoms with Gasteiger partial charge in [-0.15, -0.1) is 0 Å². The van der Waals surface area contributed by atoms with Crippen molar-refractivity contribution in [3.05, 3.63) is 47.2 Å². The molecule has 1 aliphatic heterocycles. The molecular weight excluding hydrogens is 435 g/mol. The Morgan fingerprint density at radius 1 is 1.10 bits per heavy atom. The van der Waals surface area contributed by atoms with Crippen LogP contribution in [0.15, 0.2) is 41.3 Å². The van der Waals surface area contributed by atoms with E-state index in [-0.39, 0.29) is 34.8 Å². The monoisotopic (exact) mass is 456 g/mol. The van der Waals surface area contributed by atoms with Crippen LogP contribution in [-0.4, -0.2) is 45.9 Å². The molecule has 1 amide bonds. The van der Waals surface area contributed by atoms with Crippen LogP contribution in [0.5, 0.6) is 11.5 Å². The van der Waals surface area contributed by atoms with Crippen molar-refractivity contribution in [2.24, 2.45) is 5.92 Å². The molecule has 0 aromatic heterocycles. The van der Waals surface area contributed by atoms with Crippen LogP contribution in [0.3, 0.4) is 0 Å². The predicted molar refractivity (Wildman–Crippen MR) is 111 cm³/mol. The van der Waals surface area contributed by atoms with Gasteiger partial charge in [-0.2, -0.15) is 4.31 Å². The number of rotatable bonds is 6. The number of nitrogens with zero attached hydrogens (tertiary/aromatic N) is 1. The molecule has 2 aromatic carbocycles. The summed E-state index contributed by atoms with van der Waals surface area (Å²) in [5.74, 6) is -0.409. The maximum Gasteiger partial charge on any atom is 0.243 e. The Hall–Kier alpha value is -2.36. The van der Waals surface area contributed by atoms with Gasteiger partial charge in [-0.05, 0) is 43.2 Å². The Bertz CT molecular complexity index is 1040. The lowest BCUT2D eigenvalue weighted by Crippen LogP contribution is -2.41. The third-order valence-corrected chi connectivity index (χ3v) is 7.19. The number of piperidine rings is 1. The molecule has 1 saturated heterocycles. The van der Waals surface area contributed by atoms with Crippen LogP contribution in [0.25, 0.3) is 0 Å². The highest BCUT2D eigenvalue weighted by atomic mass is 35.5. The van der Waals surface area contributed by atoms with Gasteiger partial charge in [-0.3, -0.25) is 4.79 Å². The lowest BCUT2D eigenvalue weighted by Gasteiger charge is -2.30. The summed E-state index contributed by atoms with van der Waals surface area (Å²) < 4.78 is 50.9. The fourth-order valence-corrected chi connectivity index (χ4v) is 4.97. The average molecular weight is 457 g/mol. The molecule has 3 rings (SSSR count). The van der Waals surface area contributed by atoms with Gasteiger partial charge < -0.3 is 14.8 Å². The van der Waals surface area contributed by atoms with E-state index in [1.807, 2.05) is 0 Å². The van der Waals surface area contributed by atoms with Gasteiger partial charge in [0.15, 0.2) is 11.5 Å². The summed E-state index contributed by atoms with van der Waals surface area (Å²) in [4.78, 5) is 12.6. The Morgan fingerprint density at radius 2 is 1.77 bits per heavy atom. The standard InChI is InChI=1S/C20H22ClFN2O5S/c1-28-18-6-4-15(12-19(18)29-2)30(26,27)24-9-7-13(8-10-24)20(25)23-14-3-5-17(22)16(21)11-14/h3-6,11-13H,7-10H2,1-2H3,(H,23,25). The summed E-state index contributed by atoms with van der Waals surface area (Å²) in [7, 11) is -0.820. The molecule has 162 valence electrons. The average Bonchev–Trinajstić information content (AvgIpc) is 2.75. The molecule has 0 radical (unpaired) electrons. The van der Waals surface area contributed by atoms with Crippen LogP contribution in [0.1, 0.15) is 12.8 Å². The van der Waals surface area contributed by atoms with Crippen LogP contribution in [0, 0.1) is 11.7 Å². The van der Waals surface area contributed by atoms with E-state index in [4.69, 9.17) is 21.1 Å². The first-order valence-corrected chi connectivity index (χ1v) is 11.1. The Morgan fingerprint density at radius 3 is 2.37 bits per heavy atom. The van der Waals surface area contributed by atoms with E-state index in [2.05, 4.69) is 5.32 Å². The van der Waals surface area contributed by atoms with Gasteiger partial charge in [0.25, 0.3) is 0 Å². The van der Waals surface area contributed by atoms with Crippen LogP contribution in [-0.2, 0) is 14.8 Å². The molecule has 1 aliphatic rings. The highest BCUT2D eigenvalue weighted by Gasteiger charge is 2.32. The number of carbonyl (C=O) groups excluding carboxylic acids is 1. The van der Waals surface area contributed by atoms with Crippen molar-refractivity contribution < 1.29 is 27.1 Å². The number of hydrogen-bond donors (Lipinski definition) is 1. The summed E-state index contributed by atoms with van der Waals surface area (Å²) in [5, 5.41) is 2.62. The van der Waals surface area contributed by atoms with Crippen LogP contribution < -0.4 is 14.8 Å². The van der Waals surface area contributed by atoms with Gasteiger partial charge in [-0.25, -0.2) is 12.8 Å². The molecule has 2 aromatic rings. The second-order valence-electron chi connectivity index (χ2n) is 6.81. The maximum absolute atomic E-state index is 13.3. The van der Waals surface area contributed by atoms with Gasteiger partial charge in [0.2, 0.25) is 15.9 Å². The second-order valence-corrected chi connectivity index (χ2v) is 9.16. The number of benzene rings is 2. The van der Waals surface area contributed by atoms with Crippen molar-refractivity contribution in [1.29, 1.82) is 0 Å². The summed E-state index contributed by atoms with van der Waals surface area (Å²) in [5.41, 5.74) is 0.395. The molecule has 0 bridgehead atoms. The molecule has 1 N–H and O–H groups in total. The van der Waals surface area contributed by atoms with Gasteiger partial charge in [0, 0.05) is 30.8 Å².